The van der Waals surface area contributed by atoms with Gasteiger partial charge >= 0.3 is 21.6 Å². The van der Waals surface area contributed by atoms with E-state index < -0.39 is 27.5 Å². The lowest BCUT2D eigenvalue weighted by Gasteiger charge is -2.25. The Morgan fingerprint density at radius 1 is 1.42 bits per heavy atom. The van der Waals surface area contributed by atoms with Crippen molar-refractivity contribution in [2.45, 2.75) is 31.7 Å². The number of nitrogens with zero attached hydrogens (tertiary/aromatic N) is 1. The number of carbonyl (C=O) groups excluding carboxylic acids is 1. The van der Waals surface area contributed by atoms with Gasteiger partial charge in [-0.05, 0) is 19.8 Å². The van der Waals surface area contributed by atoms with Crippen molar-refractivity contribution in [1.29, 1.82) is 0 Å². The molecular weight excluding hydrogens is 399 g/mol. The second kappa shape index (κ2) is 8.25. The predicted octanol–water partition coefficient (Wildman–Crippen LogP) is 3.01. The van der Waals surface area contributed by atoms with Gasteiger partial charge in [0.2, 0.25) is 0 Å². The van der Waals surface area contributed by atoms with Crippen molar-refractivity contribution in [2.75, 3.05) is 13.2 Å². The van der Waals surface area contributed by atoms with E-state index in [9.17, 15) is 26.4 Å². The fraction of sp³-hybridized carbons (Fsp3) is 0.571. The number of esters is 1. The van der Waals surface area contributed by atoms with E-state index in [0.717, 1.165) is 11.3 Å². The van der Waals surface area contributed by atoms with Gasteiger partial charge in [-0.2, -0.15) is 21.6 Å². The standard InChI is InChI=1S/C14H16F3NO6S2/c1-2-22-12(19)9-3-4-11(24-26(20,21)14(15,16)17)10(7-9)8-23-13-18-5-6-25-13/h5-6,9H,2-4,7-8H2,1H3. The number of hydrogen-bond acceptors (Lipinski definition) is 8. The summed E-state index contributed by atoms with van der Waals surface area (Å²) in [6, 6.07) is 0. The van der Waals surface area contributed by atoms with Crippen LogP contribution in [-0.4, -0.2) is 38.1 Å². The normalized spacial score (nSPS) is 18.5. The van der Waals surface area contributed by atoms with Gasteiger partial charge in [0, 0.05) is 23.6 Å². The molecule has 0 amide bonds. The first kappa shape index (κ1) is 20.5. The quantitative estimate of drug-likeness (QED) is 0.384. The summed E-state index contributed by atoms with van der Waals surface area (Å²) in [5.74, 6) is -1.47. The zero-order chi connectivity index (χ0) is 19.4. The first-order valence-corrected chi connectivity index (χ1v) is 9.83. The number of aromatic nitrogens is 1. The molecule has 26 heavy (non-hydrogen) atoms. The minimum atomic E-state index is -5.79. The Morgan fingerprint density at radius 3 is 2.73 bits per heavy atom. The predicted molar refractivity (Wildman–Crippen MR) is 84.7 cm³/mol. The molecule has 0 radical (unpaired) electrons. The van der Waals surface area contributed by atoms with Crippen LogP contribution >= 0.6 is 11.3 Å². The Bertz CT molecular complexity index is 758. The van der Waals surface area contributed by atoms with Crippen LogP contribution in [-0.2, 0) is 23.8 Å². The molecule has 0 N–H and O–H groups in total. The molecule has 0 aromatic carbocycles. The van der Waals surface area contributed by atoms with Gasteiger partial charge in [0.05, 0.1) is 12.5 Å². The smallest absolute Gasteiger partial charge is 0.466 e. The van der Waals surface area contributed by atoms with E-state index in [1.54, 1.807) is 12.3 Å². The fourth-order valence-electron chi connectivity index (χ4n) is 2.31. The molecule has 7 nitrogen and oxygen atoms in total. The van der Waals surface area contributed by atoms with Crippen molar-refractivity contribution in [3.8, 4) is 5.19 Å². The highest BCUT2D eigenvalue weighted by Gasteiger charge is 2.49. The first-order valence-electron chi connectivity index (χ1n) is 7.54. The molecule has 0 saturated heterocycles. The average molecular weight is 415 g/mol. The molecule has 146 valence electrons. The monoisotopic (exact) mass is 415 g/mol. The third kappa shape index (κ3) is 5.10. The van der Waals surface area contributed by atoms with E-state index >= 15 is 0 Å². The molecule has 1 aliphatic rings. The number of thiazole rings is 1. The van der Waals surface area contributed by atoms with Gasteiger partial charge in [0.25, 0.3) is 5.19 Å². The number of alkyl halides is 3. The van der Waals surface area contributed by atoms with E-state index in [-0.39, 0.29) is 49.0 Å². The van der Waals surface area contributed by atoms with Gasteiger partial charge in [-0.1, -0.05) is 11.3 Å². The van der Waals surface area contributed by atoms with Crippen LogP contribution in [0.3, 0.4) is 0 Å². The molecule has 1 aromatic rings. The first-order chi connectivity index (χ1) is 12.1. The largest absolute Gasteiger partial charge is 0.534 e. The zero-order valence-corrected chi connectivity index (χ0v) is 15.2. The molecule has 12 heteroatoms. The SMILES string of the molecule is CCOC(=O)C1CCC(OS(=O)(=O)C(F)(F)F)=C(COc2nccs2)C1. The van der Waals surface area contributed by atoms with Gasteiger partial charge in [0.15, 0.2) is 0 Å². The number of carbonyl (C=O) groups is 1. The Kier molecular flexibility index (Phi) is 6.50. The third-order valence-electron chi connectivity index (χ3n) is 3.50. The number of allylic oxidation sites excluding steroid dienone is 1. The van der Waals surface area contributed by atoms with Gasteiger partial charge in [0.1, 0.15) is 12.4 Å². The molecule has 1 atom stereocenters. The maximum absolute atomic E-state index is 12.6. The highest BCUT2D eigenvalue weighted by atomic mass is 32.2. The molecule has 1 unspecified atom stereocenters. The molecule has 1 heterocycles. The molecule has 0 bridgehead atoms. The average Bonchev–Trinajstić information content (AvgIpc) is 3.06. The molecule has 1 aromatic heterocycles. The van der Waals surface area contributed by atoms with Gasteiger partial charge in [-0.25, -0.2) is 4.98 Å². The Labute approximate surface area is 151 Å². The number of halogens is 3. The zero-order valence-electron chi connectivity index (χ0n) is 13.6. The summed E-state index contributed by atoms with van der Waals surface area (Å²) in [6.45, 7) is 1.55. The maximum Gasteiger partial charge on any atom is 0.534 e. The summed E-state index contributed by atoms with van der Waals surface area (Å²) in [4.78, 5) is 15.8. The summed E-state index contributed by atoms with van der Waals surface area (Å²) in [6.07, 6.45) is 1.41. The van der Waals surface area contributed by atoms with Crippen molar-refractivity contribution in [3.63, 3.8) is 0 Å². The summed E-state index contributed by atoms with van der Waals surface area (Å²) in [5, 5.41) is 1.89. The molecule has 0 aliphatic heterocycles. The third-order valence-corrected chi connectivity index (χ3v) is 5.17. The topological polar surface area (TPSA) is 91.8 Å². The lowest BCUT2D eigenvalue weighted by Crippen LogP contribution is -2.29. The van der Waals surface area contributed by atoms with Crippen LogP contribution < -0.4 is 4.74 Å². The number of rotatable bonds is 7. The highest BCUT2D eigenvalue weighted by Crippen LogP contribution is 2.35. The van der Waals surface area contributed by atoms with Crippen molar-refractivity contribution >= 4 is 27.4 Å². The fourth-order valence-corrected chi connectivity index (χ4v) is 3.35. The lowest BCUT2D eigenvalue weighted by molar-refractivity contribution is -0.148. The van der Waals surface area contributed by atoms with Crippen LogP contribution in [0.4, 0.5) is 13.2 Å². The Morgan fingerprint density at radius 2 is 2.15 bits per heavy atom. The van der Waals surface area contributed by atoms with Crippen LogP contribution in [0.2, 0.25) is 0 Å². The van der Waals surface area contributed by atoms with Crippen molar-refractivity contribution < 1.29 is 40.0 Å². The second-order valence-corrected chi connectivity index (χ2v) is 7.68. The van der Waals surface area contributed by atoms with E-state index in [0.29, 0.717) is 0 Å². The second-order valence-electron chi connectivity index (χ2n) is 5.29. The number of hydrogen-bond donors (Lipinski definition) is 0. The van der Waals surface area contributed by atoms with E-state index in [1.165, 1.54) is 6.20 Å². The molecular formula is C14H16F3NO6S2. The van der Waals surface area contributed by atoms with E-state index in [2.05, 4.69) is 9.17 Å². The van der Waals surface area contributed by atoms with Gasteiger partial charge in [-0.3, -0.25) is 4.79 Å². The summed E-state index contributed by atoms with van der Waals surface area (Å²) in [7, 11) is -5.79. The van der Waals surface area contributed by atoms with Gasteiger partial charge < -0.3 is 13.7 Å². The van der Waals surface area contributed by atoms with Crippen molar-refractivity contribution in [3.05, 3.63) is 22.9 Å². The summed E-state index contributed by atoms with van der Waals surface area (Å²) < 4.78 is 74.9. The minimum Gasteiger partial charge on any atom is -0.466 e. The molecule has 2 rings (SSSR count). The molecule has 0 spiro atoms. The van der Waals surface area contributed by atoms with Crippen LogP contribution in [0.1, 0.15) is 26.2 Å². The van der Waals surface area contributed by atoms with Crippen LogP contribution in [0.15, 0.2) is 22.9 Å². The Hall–Kier alpha value is -1.82. The maximum atomic E-state index is 12.6. The molecule has 1 aliphatic carbocycles. The van der Waals surface area contributed by atoms with E-state index in [4.69, 9.17) is 9.47 Å². The van der Waals surface area contributed by atoms with Crippen LogP contribution in [0.5, 0.6) is 5.19 Å². The molecule has 0 fully saturated rings. The van der Waals surface area contributed by atoms with Gasteiger partial charge in [-0.15, -0.1) is 0 Å². The van der Waals surface area contributed by atoms with Crippen molar-refractivity contribution in [1.82, 2.24) is 4.98 Å². The van der Waals surface area contributed by atoms with E-state index in [1.807, 2.05) is 0 Å². The van der Waals surface area contributed by atoms with Crippen LogP contribution in [0, 0.1) is 5.92 Å². The van der Waals surface area contributed by atoms with Crippen LogP contribution in [0.25, 0.3) is 0 Å². The minimum absolute atomic E-state index is 0.0209. The summed E-state index contributed by atoms with van der Waals surface area (Å²) >= 11 is 1.16. The number of ether oxygens (including phenoxy) is 2. The van der Waals surface area contributed by atoms with Crippen molar-refractivity contribution in [2.24, 2.45) is 5.92 Å². The summed E-state index contributed by atoms with van der Waals surface area (Å²) in [5.41, 5.74) is -5.39. The Balaban J connectivity index is 2.21. The molecule has 0 saturated carbocycles. The highest BCUT2D eigenvalue weighted by molar-refractivity contribution is 7.87. The lowest BCUT2D eigenvalue weighted by atomic mass is 9.88.